The molecule has 0 aromatic carbocycles. The van der Waals surface area contributed by atoms with Gasteiger partial charge in [-0.3, -0.25) is 9.97 Å². The highest BCUT2D eigenvalue weighted by molar-refractivity contribution is 5.38. The number of aromatic nitrogens is 2. The molecule has 0 saturated heterocycles. The third kappa shape index (κ3) is 2.33. The number of hydrogen-bond donors (Lipinski definition) is 1. The lowest BCUT2D eigenvalue weighted by Gasteiger charge is -2.16. The first-order chi connectivity index (χ1) is 8.63. The fourth-order valence-corrected chi connectivity index (χ4v) is 1.98. The summed E-state index contributed by atoms with van der Waals surface area (Å²) in [5, 5.41) is 0. The van der Waals surface area contributed by atoms with Crippen molar-refractivity contribution in [2.24, 2.45) is 5.73 Å². The minimum absolute atomic E-state index is 0.325. The Morgan fingerprint density at radius 1 is 1.22 bits per heavy atom. The molecular weight excluding hydrogens is 226 g/mol. The molecule has 18 heavy (non-hydrogen) atoms. The molecule has 2 N–H and O–H groups in total. The molecule has 0 bridgehead atoms. The van der Waals surface area contributed by atoms with Crippen LogP contribution in [0.25, 0.3) is 0 Å². The number of nitrogens with zero attached hydrogens (tertiary/aromatic N) is 2. The van der Waals surface area contributed by atoms with Crippen LogP contribution in [0.1, 0.15) is 28.7 Å². The Morgan fingerprint density at radius 3 is 2.67 bits per heavy atom. The number of nitrogens with two attached hydrogens (primary N) is 1. The van der Waals surface area contributed by atoms with Gasteiger partial charge < -0.3 is 10.5 Å². The first-order valence-electron chi connectivity index (χ1n) is 5.82. The average molecular weight is 243 g/mol. The van der Waals surface area contributed by atoms with Gasteiger partial charge in [-0.25, -0.2) is 0 Å². The SMILES string of the molecule is COc1cccnc1C(N)c1ccc(C)nc1C. The third-order valence-corrected chi connectivity index (χ3v) is 2.92. The molecule has 0 spiro atoms. The van der Waals surface area contributed by atoms with Gasteiger partial charge in [0.25, 0.3) is 0 Å². The summed E-state index contributed by atoms with van der Waals surface area (Å²) in [5.41, 5.74) is 9.87. The second kappa shape index (κ2) is 5.14. The molecule has 2 heterocycles. The summed E-state index contributed by atoms with van der Waals surface area (Å²) in [6.07, 6.45) is 1.72. The van der Waals surface area contributed by atoms with E-state index in [-0.39, 0.29) is 6.04 Å². The Balaban J connectivity index is 2.44. The van der Waals surface area contributed by atoms with E-state index in [2.05, 4.69) is 9.97 Å². The lowest BCUT2D eigenvalue weighted by atomic mass is 10.0. The number of methoxy groups -OCH3 is 1. The number of hydrogen-bond acceptors (Lipinski definition) is 4. The molecular formula is C14H17N3O. The van der Waals surface area contributed by atoms with Crippen molar-refractivity contribution in [2.45, 2.75) is 19.9 Å². The fourth-order valence-electron chi connectivity index (χ4n) is 1.98. The first kappa shape index (κ1) is 12.5. The van der Waals surface area contributed by atoms with Gasteiger partial charge in [-0.2, -0.15) is 0 Å². The molecule has 0 radical (unpaired) electrons. The van der Waals surface area contributed by atoms with Crippen LogP contribution in [0.3, 0.4) is 0 Å². The Morgan fingerprint density at radius 2 is 2.00 bits per heavy atom. The van der Waals surface area contributed by atoms with E-state index in [4.69, 9.17) is 10.5 Å². The van der Waals surface area contributed by atoms with Crippen LogP contribution in [-0.4, -0.2) is 17.1 Å². The summed E-state index contributed by atoms with van der Waals surface area (Å²) >= 11 is 0. The quantitative estimate of drug-likeness (QED) is 0.897. The van der Waals surface area contributed by atoms with Crippen LogP contribution in [0.4, 0.5) is 0 Å². The van der Waals surface area contributed by atoms with Crippen molar-refractivity contribution in [3.8, 4) is 5.75 Å². The predicted octanol–water partition coefficient (Wildman–Crippen LogP) is 2.15. The smallest absolute Gasteiger partial charge is 0.142 e. The van der Waals surface area contributed by atoms with E-state index in [0.29, 0.717) is 5.75 Å². The minimum Gasteiger partial charge on any atom is -0.495 e. The van der Waals surface area contributed by atoms with E-state index in [9.17, 15) is 0 Å². The van der Waals surface area contributed by atoms with Gasteiger partial charge in [-0.05, 0) is 37.6 Å². The molecule has 4 heteroatoms. The molecule has 4 nitrogen and oxygen atoms in total. The first-order valence-corrected chi connectivity index (χ1v) is 5.82. The maximum Gasteiger partial charge on any atom is 0.142 e. The molecule has 0 amide bonds. The Kier molecular flexibility index (Phi) is 3.58. The summed E-state index contributed by atoms with van der Waals surface area (Å²) < 4.78 is 5.29. The zero-order valence-corrected chi connectivity index (χ0v) is 10.8. The normalized spacial score (nSPS) is 12.2. The summed E-state index contributed by atoms with van der Waals surface area (Å²) in [6.45, 7) is 3.92. The van der Waals surface area contributed by atoms with Crippen LogP contribution in [0.2, 0.25) is 0 Å². The number of ether oxygens (including phenoxy) is 1. The molecule has 0 aliphatic heterocycles. The summed E-state index contributed by atoms with van der Waals surface area (Å²) in [4.78, 5) is 8.74. The molecule has 0 aliphatic carbocycles. The number of aryl methyl sites for hydroxylation is 2. The Bertz CT molecular complexity index is 554. The lowest BCUT2D eigenvalue weighted by Crippen LogP contribution is -2.16. The predicted molar refractivity (Wildman–Crippen MR) is 70.5 cm³/mol. The highest BCUT2D eigenvalue weighted by Gasteiger charge is 2.17. The molecule has 2 aromatic rings. The van der Waals surface area contributed by atoms with Crippen LogP contribution < -0.4 is 10.5 Å². The zero-order chi connectivity index (χ0) is 13.1. The fraction of sp³-hybridized carbons (Fsp3) is 0.286. The van der Waals surface area contributed by atoms with Gasteiger partial charge in [-0.1, -0.05) is 6.07 Å². The number of rotatable bonds is 3. The van der Waals surface area contributed by atoms with E-state index in [1.54, 1.807) is 13.3 Å². The molecule has 1 unspecified atom stereocenters. The van der Waals surface area contributed by atoms with Gasteiger partial charge in [0.1, 0.15) is 11.4 Å². The van der Waals surface area contributed by atoms with Crippen molar-refractivity contribution in [1.29, 1.82) is 0 Å². The van der Waals surface area contributed by atoms with Gasteiger partial charge in [-0.15, -0.1) is 0 Å². The number of pyridine rings is 2. The molecule has 2 rings (SSSR count). The van der Waals surface area contributed by atoms with Crippen LogP contribution >= 0.6 is 0 Å². The standard InChI is InChI=1S/C14H17N3O/c1-9-6-7-11(10(2)17-9)13(15)14-12(18-3)5-4-8-16-14/h4-8,13H,15H2,1-3H3. The van der Waals surface area contributed by atoms with E-state index < -0.39 is 0 Å². The van der Waals surface area contributed by atoms with E-state index in [1.807, 2.05) is 38.1 Å². The zero-order valence-electron chi connectivity index (χ0n) is 10.8. The maximum absolute atomic E-state index is 6.26. The second-order valence-corrected chi connectivity index (χ2v) is 4.20. The molecule has 1 atom stereocenters. The summed E-state index contributed by atoms with van der Waals surface area (Å²) in [7, 11) is 1.62. The molecule has 0 aliphatic rings. The van der Waals surface area contributed by atoms with Crippen molar-refractivity contribution in [2.75, 3.05) is 7.11 Å². The lowest BCUT2D eigenvalue weighted by molar-refractivity contribution is 0.404. The molecule has 0 fully saturated rings. The van der Waals surface area contributed by atoms with Crippen LogP contribution in [0, 0.1) is 13.8 Å². The molecule has 94 valence electrons. The second-order valence-electron chi connectivity index (χ2n) is 4.20. The van der Waals surface area contributed by atoms with Crippen molar-refractivity contribution in [3.05, 3.63) is 53.1 Å². The van der Waals surface area contributed by atoms with Gasteiger partial charge in [0.05, 0.1) is 13.2 Å². The maximum atomic E-state index is 6.26. The largest absolute Gasteiger partial charge is 0.495 e. The van der Waals surface area contributed by atoms with E-state index in [1.165, 1.54) is 0 Å². The van der Waals surface area contributed by atoms with E-state index in [0.717, 1.165) is 22.6 Å². The van der Waals surface area contributed by atoms with Gasteiger partial charge >= 0.3 is 0 Å². The van der Waals surface area contributed by atoms with Crippen molar-refractivity contribution in [1.82, 2.24) is 9.97 Å². The van der Waals surface area contributed by atoms with Gasteiger partial charge in [0, 0.05) is 17.6 Å². The summed E-state index contributed by atoms with van der Waals surface area (Å²) in [6, 6.07) is 7.32. The minimum atomic E-state index is -0.325. The van der Waals surface area contributed by atoms with Gasteiger partial charge in [0.15, 0.2) is 0 Å². The highest BCUT2D eigenvalue weighted by atomic mass is 16.5. The molecule has 2 aromatic heterocycles. The highest BCUT2D eigenvalue weighted by Crippen LogP contribution is 2.27. The van der Waals surface area contributed by atoms with Gasteiger partial charge in [0.2, 0.25) is 0 Å². The van der Waals surface area contributed by atoms with Crippen molar-refractivity contribution >= 4 is 0 Å². The molecule has 0 saturated carbocycles. The van der Waals surface area contributed by atoms with Crippen LogP contribution in [0.5, 0.6) is 5.75 Å². The topological polar surface area (TPSA) is 61.0 Å². The Hall–Kier alpha value is -1.94. The van der Waals surface area contributed by atoms with Crippen molar-refractivity contribution < 1.29 is 4.74 Å². The summed E-state index contributed by atoms with van der Waals surface area (Å²) in [5.74, 6) is 0.699. The van der Waals surface area contributed by atoms with Crippen LogP contribution in [0.15, 0.2) is 30.5 Å². The Labute approximate surface area is 107 Å². The average Bonchev–Trinajstić information content (AvgIpc) is 2.38. The van der Waals surface area contributed by atoms with E-state index >= 15 is 0 Å². The van der Waals surface area contributed by atoms with Crippen LogP contribution in [-0.2, 0) is 0 Å². The third-order valence-electron chi connectivity index (χ3n) is 2.92. The monoisotopic (exact) mass is 243 g/mol. The van der Waals surface area contributed by atoms with Crippen molar-refractivity contribution in [3.63, 3.8) is 0 Å².